The number of aliphatic hydroxyl groups excluding tert-OH is 2. The lowest BCUT2D eigenvalue weighted by atomic mass is 9.89. The van der Waals surface area contributed by atoms with Crippen LogP contribution in [0.2, 0.25) is 0 Å². The van der Waals surface area contributed by atoms with E-state index in [-0.39, 0.29) is 29.9 Å². The van der Waals surface area contributed by atoms with Crippen LogP contribution in [-0.4, -0.2) is 72.0 Å². The van der Waals surface area contributed by atoms with Gasteiger partial charge in [0.05, 0.1) is 25.3 Å². The summed E-state index contributed by atoms with van der Waals surface area (Å²) < 4.78 is 4.70. The molecule has 0 aromatic heterocycles. The molecule has 0 saturated carbocycles. The maximum atomic E-state index is 12.6. The Bertz CT molecular complexity index is 600. The zero-order chi connectivity index (χ0) is 20.1. The summed E-state index contributed by atoms with van der Waals surface area (Å²) in [6, 6.07) is -2.06. The molecule has 1 fully saturated rings. The first-order valence-electron chi connectivity index (χ1n) is 9.23. The Labute approximate surface area is 158 Å². The van der Waals surface area contributed by atoms with Crippen molar-refractivity contribution in [2.24, 2.45) is 5.92 Å². The average Bonchev–Trinajstić information content (AvgIpc) is 3.16. The summed E-state index contributed by atoms with van der Waals surface area (Å²) in [6.45, 7) is 4.29. The Morgan fingerprint density at radius 2 is 2.00 bits per heavy atom. The fraction of sp³-hybridized carbons (Fsp3) is 0.722. The van der Waals surface area contributed by atoms with E-state index in [2.05, 4.69) is 16.0 Å². The van der Waals surface area contributed by atoms with Crippen LogP contribution in [0.4, 0.5) is 0 Å². The third kappa shape index (κ3) is 5.27. The second-order valence-electron chi connectivity index (χ2n) is 7.36. The molecule has 0 unspecified atom stereocenters. The molecule has 1 aliphatic carbocycles. The first-order valence-corrected chi connectivity index (χ1v) is 9.23. The van der Waals surface area contributed by atoms with Crippen LogP contribution in [0.25, 0.3) is 0 Å². The van der Waals surface area contributed by atoms with Crippen molar-refractivity contribution in [1.29, 1.82) is 0 Å². The van der Waals surface area contributed by atoms with Crippen LogP contribution < -0.4 is 16.0 Å². The highest BCUT2D eigenvalue weighted by atomic mass is 16.5. The Kier molecular flexibility index (Phi) is 7.34. The van der Waals surface area contributed by atoms with Gasteiger partial charge in [-0.3, -0.25) is 9.59 Å². The van der Waals surface area contributed by atoms with Gasteiger partial charge in [0.25, 0.3) is 0 Å². The maximum Gasteiger partial charge on any atom is 0.328 e. The molecule has 1 heterocycles. The van der Waals surface area contributed by atoms with Crippen molar-refractivity contribution >= 4 is 17.8 Å². The smallest absolute Gasteiger partial charge is 0.328 e. The van der Waals surface area contributed by atoms with Gasteiger partial charge in [0, 0.05) is 12.0 Å². The molecular weight excluding hydrogens is 354 g/mol. The highest BCUT2D eigenvalue weighted by Crippen LogP contribution is 2.21. The van der Waals surface area contributed by atoms with Crippen LogP contribution in [0.15, 0.2) is 11.6 Å². The second-order valence-corrected chi connectivity index (χ2v) is 7.36. The van der Waals surface area contributed by atoms with Crippen molar-refractivity contribution in [3.05, 3.63) is 11.6 Å². The Hall–Kier alpha value is -1.97. The lowest BCUT2D eigenvalue weighted by Crippen LogP contribution is -2.54. The molecule has 0 aromatic carbocycles. The van der Waals surface area contributed by atoms with Crippen molar-refractivity contribution in [3.63, 3.8) is 0 Å². The molecule has 2 amide bonds. The van der Waals surface area contributed by atoms with Gasteiger partial charge in [-0.25, -0.2) is 4.79 Å². The monoisotopic (exact) mass is 383 g/mol. The van der Waals surface area contributed by atoms with Crippen molar-refractivity contribution in [2.75, 3.05) is 13.7 Å². The Balaban J connectivity index is 2.10. The van der Waals surface area contributed by atoms with Crippen molar-refractivity contribution in [2.45, 2.75) is 63.4 Å². The standard InChI is InChI=1S/C18H29N3O6/c1-9(2)14(18(26)27-3)21-16(24)10-7-12(15(23)13(22)8-10)20-17(25)11-5-4-6-19-11/h7,9,11-15,19,22-23H,4-6,8H2,1-3H3,(H,20,25)(H,21,24)/t11-,12-,13-,14-,15-/m1/s1. The van der Waals surface area contributed by atoms with Gasteiger partial charge >= 0.3 is 5.97 Å². The first-order chi connectivity index (χ1) is 12.7. The van der Waals surface area contributed by atoms with Gasteiger partial charge in [0.2, 0.25) is 11.8 Å². The summed E-state index contributed by atoms with van der Waals surface area (Å²) in [6.07, 6.45) is 0.536. The quantitative estimate of drug-likeness (QED) is 0.355. The van der Waals surface area contributed by atoms with Crippen molar-refractivity contribution < 1.29 is 29.3 Å². The lowest BCUT2D eigenvalue weighted by molar-refractivity contribution is -0.146. The van der Waals surface area contributed by atoms with Gasteiger partial charge in [-0.15, -0.1) is 0 Å². The van der Waals surface area contributed by atoms with Gasteiger partial charge in [-0.05, 0) is 25.3 Å². The molecule has 2 aliphatic rings. The van der Waals surface area contributed by atoms with E-state index >= 15 is 0 Å². The third-order valence-corrected chi connectivity index (χ3v) is 4.96. The van der Waals surface area contributed by atoms with Crippen LogP contribution in [0.5, 0.6) is 0 Å². The number of esters is 1. The van der Waals surface area contributed by atoms with Gasteiger partial charge in [-0.1, -0.05) is 19.9 Å². The Morgan fingerprint density at radius 1 is 1.30 bits per heavy atom. The highest BCUT2D eigenvalue weighted by Gasteiger charge is 2.36. The summed E-state index contributed by atoms with van der Waals surface area (Å²) in [5.41, 5.74) is 0.201. The number of hydrogen-bond donors (Lipinski definition) is 5. The number of hydrogen-bond acceptors (Lipinski definition) is 7. The van der Waals surface area contributed by atoms with E-state index in [0.29, 0.717) is 6.42 Å². The van der Waals surface area contributed by atoms with Crippen molar-refractivity contribution in [1.82, 2.24) is 16.0 Å². The summed E-state index contributed by atoms with van der Waals surface area (Å²) in [4.78, 5) is 36.7. The van der Waals surface area contributed by atoms with E-state index in [9.17, 15) is 24.6 Å². The number of rotatable bonds is 6. The minimum Gasteiger partial charge on any atom is -0.467 e. The zero-order valence-corrected chi connectivity index (χ0v) is 15.9. The largest absolute Gasteiger partial charge is 0.467 e. The molecule has 152 valence electrons. The van der Waals surface area contributed by atoms with Crippen LogP contribution in [-0.2, 0) is 19.1 Å². The molecule has 5 atom stereocenters. The van der Waals surface area contributed by atoms with Crippen molar-refractivity contribution in [3.8, 4) is 0 Å². The second kappa shape index (κ2) is 9.29. The van der Waals surface area contributed by atoms with E-state index in [4.69, 9.17) is 4.74 Å². The number of carbonyl (C=O) groups excluding carboxylic acids is 3. The molecular formula is C18H29N3O6. The lowest BCUT2D eigenvalue weighted by Gasteiger charge is -2.32. The van der Waals surface area contributed by atoms with Gasteiger partial charge in [-0.2, -0.15) is 0 Å². The molecule has 0 radical (unpaired) electrons. The molecule has 27 heavy (non-hydrogen) atoms. The summed E-state index contributed by atoms with van der Waals surface area (Å²) >= 11 is 0. The van der Waals surface area contributed by atoms with Crippen LogP contribution in [0.3, 0.4) is 0 Å². The highest BCUT2D eigenvalue weighted by molar-refractivity contribution is 5.96. The minimum absolute atomic E-state index is 0.0764. The van der Waals surface area contributed by atoms with Gasteiger partial charge < -0.3 is 30.9 Å². The normalized spacial score (nSPS) is 29.0. The van der Waals surface area contributed by atoms with Gasteiger partial charge in [0.1, 0.15) is 12.1 Å². The van der Waals surface area contributed by atoms with Crippen LogP contribution in [0.1, 0.15) is 33.1 Å². The summed E-state index contributed by atoms with van der Waals surface area (Å²) in [5.74, 6) is -1.57. The summed E-state index contributed by atoms with van der Waals surface area (Å²) in [5, 5.41) is 28.6. The Morgan fingerprint density at radius 3 is 2.56 bits per heavy atom. The number of carbonyl (C=O) groups is 3. The molecule has 9 nitrogen and oxygen atoms in total. The molecule has 0 aromatic rings. The fourth-order valence-corrected chi connectivity index (χ4v) is 3.30. The number of ether oxygens (including phenoxy) is 1. The molecule has 0 spiro atoms. The molecule has 1 saturated heterocycles. The van der Waals surface area contributed by atoms with E-state index in [1.165, 1.54) is 13.2 Å². The number of amides is 2. The molecule has 2 rings (SSSR count). The molecule has 1 aliphatic heterocycles. The van der Waals surface area contributed by atoms with Crippen LogP contribution >= 0.6 is 0 Å². The van der Waals surface area contributed by atoms with Gasteiger partial charge in [0.15, 0.2) is 0 Å². The van der Waals surface area contributed by atoms with E-state index in [1.807, 2.05) is 0 Å². The predicted octanol–water partition coefficient (Wildman–Crippen LogP) is -1.41. The molecule has 0 bridgehead atoms. The van der Waals surface area contributed by atoms with Crippen LogP contribution in [0, 0.1) is 5.92 Å². The van der Waals surface area contributed by atoms with E-state index in [1.54, 1.807) is 13.8 Å². The zero-order valence-electron chi connectivity index (χ0n) is 15.9. The maximum absolute atomic E-state index is 12.6. The third-order valence-electron chi connectivity index (χ3n) is 4.96. The SMILES string of the molecule is COC(=O)[C@H](NC(=O)C1=C[C@@H](NC(=O)[C@H]2CCCN2)[C@@H](O)[C@H](O)C1)C(C)C. The average molecular weight is 383 g/mol. The van der Waals surface area contributed by atoms with E-state index in [0.717, 1.165) is 13.0 Å². The molecule has 5 N–H and O–H groups in total. The minimum atomic E-state index is -1.21. The summed E-state index contributed by atoms with van der Waals surface area (Å²) in [7, 11) is 1.24. The first kappa shape index (κ1) is 21.3. The fourth-order valence-electron chi connectivity index (χ4n) is 3.30. The topological polar surface area (TPSA) is 137 Å². The molecule has 9 heteroatoms. The predicted molar refractivity (Wildman–Crippen MR) is 96.5 cm³/mol. The number of aliphatic hydroxyl groups is 2. The number of methoxy groups -OCH3 is 1. The van der Waals surface area contributed by atoms with E-state index < -0.39 is 36.2 Å². The number of nitrogens with one attached hydrogen (secondary N) is 3.